The normalized spacial score (nSPS) is 10.0. The molecule has 0 saturated heterocycles. The summed E-state index contributed by atoms with van der Waals surface area (Å²) in [6.45, 7) is 5.14. The highest BCUT2D eigenvalue weighted by Crippen LogP contribution is 2.05. The Hall–Kier alpha value is -1.27. The molecule has 0 aliphatic heterocycles. The van der Waals surface area contributed by atoms with Gasteiger partial charge in [-0.05, 0) is 32.9 Å². The molecular weight excluding hydrogens is 174 g/mol. The van der Waals surface area contributed by atoms with Crippen molar-refractivity contribution in [1.82, 2.24) is 15.1 Å². The van der Waals surface area contributed by atoms with Gasteiger partial charge in [-0.25, -0.2) is 0 Å². The number of hydrogen-bond acceptors (Lipinski definition) is 2. The van der Waals surface area contributed by atoms with Crippen LogP contribution in [-0.2, 0) is 0 Å². The van der Waals surface area contributed by atoms with Crippen molar-refractivity contribution in [3.8, 4) is 11.8 Å². The van der Waals surface area contributed by atoms with Gasteiger partial charge in [-0.15, -0.1) is 0 Å². The highest BCUT2D eigenvalue weighted by atomic mass is 15.3. The lowest BCUT2D eigenvalue weighted by atomic mass is 10.3. The van der Waals surface area contributed by atoms with Crippen LogP contribution in [-0.4, -0.2) is 23.4 Å². The Morgan fingerprint density at radius 1 is 1.57 bits per heavy atom. The fourth-order valence-electron chi connectivity index (χ4n) is 1.17. The Labute approximate surface area is 85.5 Å². The molecule has 1 rings (SSSR count). The lowest BCUT2D eigenvalue weighted by molar-refractivity contribution is 0.527. The molecule has 0 aliphatic carbocycles. The Morgan fingerprint density at radius 3 is 3.00 bits per heavy atom. The molecule has 14 heavy (non-hydrogen) atoms. The van der Waals surface area contributed by atoms with Gasteiger partial charge in [0.1, 0.15) is 5.69 Å². The van der Waals surface area contributed by atoms with E-state index in [-0.39, 0.29) is 0 Å². The number of aromatic nitrogens is 2. The molecule has 1 aromatic rings. The molecule has 0 bridgehead atoms. The first-order valence-corrected chi connectivity index (χ1v) is 4.92. The first-order valence-electron chi connectivity index (χ1n) is 4.92. The van der Waals surface area contributed by atoms with Gasteiger partial charge in [-0.2, -0.15) is 5.10 Å². The minimum Gasteiger partial charge on any atom is -0.319 e. The zero-order valence-electron chi connectivity index (χ0n) is 9.04. The van der Waals surface area contributed by atoms with E-state index in [2.05, 4.69) is 36.1 Å². The molecule has 0 amide bonds. The molecule has 0 radical (unpaired) electrons. The van der Waals surface area contributed by atoms with Crippen molar-refractivity contribution in [3.05, 3.63) is 18.0 Å². The molecule has 76 valence electrons. The largest absolute Gasteiger partial charge is 0.319 e. The van der Waals surface area contributed by atoms with Crippen molar-refractivity contribution >= 4 is 0 Å². The second-order valence-electron chi connectivity index (χ2n) is 3.41. The van der Waals surface area contributed by atoms with E-state index in [0.717, 1.165) is 18.7 Å². The van der Waals surface area contributed by atoms with Gasteiger partial charge in [0.15, 0.2) is 0 Å². The van der Waals surface area contributed by atoms with Crippen LogP contribution in [0.2, 0.25) is 0 Å². The maximum atomic E-state index is 4.21. The molecule has 0 aliphatic rings. The molecule has 1 N–H and O–H groups in total. The van der Waals surface area contributed by atoms with Crippen LogP contribution in [0.3, 0.4) is 0 Å². The van der Waals surface area contributed by atoms with Crippen molar-refractivity contribution in [1.29, 1.82) is 0 Å². The summed E-state index contributed by atoms with van der Waals surface area (Å²) in [5.74, 6) is 6.23. The molecule has 3 nitrogen and oxygen atoms in total. The van der Waals surface area contributed by atoms with Crippen molar-refractivity contribution in [2.45, 2.75) is 26.3 Å². The van der Waals surface area contributed by atoms with Gasteiger partial charge >= 0.3 is 0 Å². The number of nitrogens with zero attached hydrogens (tertiary/aromatic N) is 2. The number of rotatable bonds is 3. The van der Waals surface area contributed by atoms with Gasteiger partial charge in [0.25, 0.3) is 0 Å². The molecule has 1 heterocycles. The van der Waals surface area contributed by atoms with Crippen molar-refractivity contribution in [2.24, 2.45) is 0 Å². The van der Waals surface area contributed by atoms with E-state index in [1.165, 1.54) is 0 Å². The predicted octanol–water partition coefficient (Wildman–Crippen LogP) is 1.42. The SMILES string of the molecule is CNCCC#Cc1ccnn1C(C)C. The minimum absolute atomic E-state index is 0.374. The second kappa shape index (κ2) is 5.46. The van der Waals surface area contributed by atoms with Gasteiger partial charge < -0.3 is 5.32 Å². The van der Waals surface area contributed by atoms with E-state index < -0.39 is 0 Å². The molecular formula is C11H17N3. The van der Waals surface area contributed by atoms with E-state index in [9.17, 15) is 0 Å². The summed E-state index contributed by atoms with van der Waals surface area (Å²) in [5, 5.41) is 7.27. The standard InChI is InChI=1S/C11H17N3/c1-10(2)14-11(7-9-13-14)6-4-5-8-12-3/h7,9-10,12H,5,8H2,1-3H3. The third-order valence-electron chi connectivity index (χ3n) is 1.88. The van der Waals surface area contributed by atoms with Gasteiger partial charge in [-0.1, -0.05) is 5.92 Å². The highest BCUT2D eigenvalue weighted by molar-refractivity contribution is 5.27. The van der Waals surface area contributed by atoms with E-state index in [4.69, 9.17) is 0 Å². The monoisotopic (exact) mass is 191 g/mol. The Balaban J connectivity index is 2.64. The van der Waals surface area contributed by atoms with Crippen LogP contribution < -0.4 is 5.32 Å². The van der Waals surface area contributed by atoms with Gasteiger partial charge in [-0.3, -0.25) is 4.68 Å². The third-order valence-corrected chi connectivity index (χ3v) is 1.88. The first-order chi connectivity index (χ1) is 6.75. The molecule has 0 atom stereocenters. The Bertz CT molecular complexity index is 328. The zero-order chi connectivity index (χ0) is 10.4. The van der Waals surface area contributed by atoms with Crippen LogP contribution in [0.5, 0.6) is 0 Å². The average Bonchev–Trinajstić information content (AvgIpc) is 2.60. The van der Waals surface area contributed by atoms with Crippen LogP contribution in [0.25, 0.3) is 0 Å². The summed E-state index contributed by atoms with van der Waals surface area (Å²) < 4.78 is 1.94. The Kier molecular flexibility index (Phi) is 4.21. The fraction of sp³-hybridized carbons (Fsp3) is 0.545. The summed E-state index contributed by atoms with van der Waals surface area (Å²) in [5.41, 5.74) is 0.996. The summed E-state index contributed by atoms with van der Waals surface area (Å²) in [7, 11) is 1.93. The second-order valence-corrected chi connectivity index (χ2v) is 3.41. The van der Waals surface area contributed by atoms with E-state index >= 15 is 0 Å². The third kappa shape index (κ3) is 2.90. The molecule has 3 heteroatoms. The fourth-order valence-corrected chi connectivity index (χ4v) is 1.17. The number of hydrogen-bond donors (Lipinski definition) is 1. The maximum absolute atomic E-state index is 4.21. The number of nitrogens with one attached hydrogen (secondary N) is 1. The van der Waals surface area contributed by atoms with Gasteiger partial charge in [0, 0.05) is 19.0 Å². The highest BCUT2D eigenvalue weighted by Gasteiger charge is 2.01. The predicted molar refractivity (Wildman–Crippen MR) is 58.0 cm³/mol. The van der Waals surface area contributed by atoms with Crippen LogP contribution in [0.1, 0.15) is 32.0 Å². The average molecular weight is 191 g/mol. The van der Waals surface area contributed by atoms with E-state index in [1.807, 2.05) is 17.8 Å². The lowest BCUT2D eigenvalue weighted by Crippen LogP contribution is -2.06. The van der Waals surface area contributed by atoms with Gasteiger partial charge in [0.05, 0.1) is 6.20 Å². The molecule has 1 aromatic heterocycles. The molecule has 0 fully saturated rings. The van der Waals surface area contributed by atoms with Crippen molar-refractivity contribution in [2.75, 3.05) is 13.6 Å². The van der Waals surface area contributed by atoms with Gasteiger partial charge in [0.2, 0.25) is 0 Å². The smallest absolute Gasteiger partial charge is 0.111 e. The topological polar surface area (TPSA) is 29.9 Å². The first kappa shape index (κ1) is 10.8. The summed E-state index contributed by atoms with van der Waals surface area (Å²) >= 11 is 0. The summed E-state index contributed by atoms with van der Waals surface area (Å²) in [6, 6.07) is 2.32. The maximum Gasteiger partial charge on any atom is 0.111 e. The molecule has 0 saturated carbocycles. The minimum atomic E-state index is 0.374. The zero-order valence-corrected chi connectivity index (χ0v) is 9.04. The van der Waals surface area contributed by atoms with Crippen LogP contribution >= 0.6 is 0 Å². The van der Waals surface area contributed by atoms with Crippen LogP contribution in [0.4, 0.5) is 0 Å². The summed E-state index contributed by atoms with van der Waals surface area (Å²) in [6.07, 6.45) is 2.67. The Morgan fingerprint density at radius 2 is 2.36 bits per heavy atom. The molecule has 0 unspecified atom stereocenters. The van der Waals surface area contributed by atoms with Crippen LogP contribution in [0, 0.1) is 11.8 Å². The molecule has 0 aromatic carbocycles. The van der Waals surface area contributed by atoms with E-state index in [1.54, 1.807) is 6.20 Å². The van der Waals surface area contributed by atoms with Crippen LogP contribution in [0.15, 0.2) is 12.3 Å². The van der Waals surface area contributed by atoms with Crippen molar-refractivity contribution < 1.29 is 0 Å². The quantitative estimate of drug-likeness (QED) is 0.578. The molecule has 0 spiro atoms. The van der Waals surface area contributed by atoms with Crippen molar-refractivity contribution in [3.63, 3.8) is 0 Å². The lowest BCUT2D eigenvalue weighted by Gasteiger charge is -2.05. The summed E-state index contributed by atoms with van der Waals surface area (Å²) in [4.78, 5) is 0. The van der Waals surface area contributed by atoms with E-state index in [0.29, 0.717) is 6.04 Å².